The van der Waals surface area contributed by atoms with Crippen LogP contribution in [-0.4, -0.2) is 19.6 Å². The van der Waals surface area contributed by atoms with Gasteiger partial charge >= 0.3 is 0 Å². The molecule has 0 atom stereocenters. The van der Waals surface area contributed by atoms with Crippen LogP contribution in [0.3, 0.4) is 0 Å². The highest BCUT2D eigenvalue weighted by atomic mass is 32.2. The highest BCUT2D eigenvalue weighted by molar-refractivity contribution is 7.90. The Kier molecular flexibility index (Phi) is 3.09. The van der Waals surface area contributed by atoms with Gasteiger partial charge in [0.15, 0.2) is 9.84 Å². The predicted molar refractivity (Wildman–Crippen MR) is 55.6 cm³/mol. The first-order valence-corrected chi connectivity index (χ1v) is 6.22. The maximum Gasteiger partial charge on any atom is 0.270 e. The van der Waals surface area contributed by atoms with E-state index in [4.69, 9.17) is 0 Å². The number of aryl methyl sites for hydroxylation is 1. The Morgan fingerprint density at radius 1 is 1.40 bits per heavy atom. The van der Waals surface area contributed by atoms with E-state index < -0.39 is 14.8 Å². The first-order chi connectivity index (χ1) is 6.86. The van der Waals surface area contributed by atoms with Crippen molar-refractivity contribution >= 4 is 15.5 Å². The van der Waals surface area contributed by atoms with Crippen LogP contribution in [-0.2, 0) is 16.3 Å². The lowest BCUT2D eigenvalue weighted by Crippen LogP contribution is -2.03. The molecule has 15 heavy (non-hydrogen) atoms. The average Bonchev–Trinajstić information content (AvgIpc) is 2.15. The van der Waals surface area contributed by atoms with Crippen molar-refractivity contribution in [3.8, 4) is 0 Å². The third-order valence-electron chi connectivity index (χ3n) is 2.04. The number of non-ortho nitro benzene ring substituents is 1. The summed E-state index contributed by atoms with van der Waals surface area (Å²) in [5.41, 5.74) is 0.399. The van der Waals surface area contributed by atoms with Crippen molar-refractivity contribution in [1.29, 1.82) is 0 Å². The summed E-state index contributed by atoms with van der Waals surface area (Å²) in [6, 6.07) is 3.90. The number of hydrogen-bond acceptors (Lipinski definition) is 4. The Morgan fingerprint density at radius 2 is 2.00 bits per heavy atom. The molecule has 0 aliphatic carbocycles. The standard InChI is InChI=1S/C9H11NO4S/c1-3-7-4-5-8(10(11)12)6-9(7)15(2,13)14/h4-6H,3H2,1-2H3. The van der Waals surface area contributed by atoms with E-state index >= 15 is 0 Å². The Hall–Kier alpha value is -1.43. The van der Waals surface area contributed by atoms with Crippen LogP contribution >= 0.6 is 0 Å². The summed E-state index contributed by atoms with van der Waals surface area (Å²) in [5, 5.41) is 10.5. The molecule has 0 saturated carbocycles. The van der Waals surface area contributed by atoms with Crippen LogP contribution in [0.2, 0.25) is 0 Å². The maximum absolute atomic E-state index is 11.4. The van der Waals surface area contributed by atoms with Gasteiger partial charge in [-0.1, -0.05) is 13.0 Å². The summed E-state index contributed by atoms with van der Waals surface area (Å²) in [7, 11) is -3.41. The summed E-state index contributed by atoms with van der Waals surface area (Å²) in [6.45, 7) is 1.80. The average molecular weight is 229 g/mol. The monoisotopic (exact) mass is 229 g/mol. The topological polar surface area (TPSA) is 77.3 Å². The van der Waals surface area contributed by atoms with Crippen molar-refractivity contribution in [2.75, 3.05) is 6.26 Å². The normalized spacial score (nSPS) is 11.3. The molecule has 0 amide bonds. The molecule has 0 aromatic heterocycles. The number of benzene rings is 1. The van der Waals surface area contributed by atoms with Gasteiger partial charge in [-0.15, -0.1) is 0 Å². The van der Waals surface area contributed by atoms with Crippen LogP contribution in [0, 0.1) is 10.1 Å². The van der Waals surface area contributed by atoms with Crippen molar-refractivity contribution < 1.29 is 13.3 Å². The maximum atomic E-state index is 11.4. The van der Waals surface area contributed by atoms with Crippen LogP contribution in [0.25, 0.3) is 0 Å². The molecule has 1 aromatic rings. The van der Waals surface area contributed by atoms with Crippen molar-refractivity contribution in [3.05, 3.63) is 33.9 Å². The van der Waals surface area contributed by atoms with E-state index in [0.29, 0.717) is 12.0 Å². The summed E-state index contributed by atoms with van der Waals surface area (Å²) < 4.78 is 22.7. The first kappa shape index (κ1) is 11.6. The second-order valence-corrected chi connectivity index (χ2v) is 5.16. The van der Waals surface area contributed by atoms with Gasteiger partial charge in [0.05, 0.1) is 9.82 Å². The third kappa shape index (κ3) is 2.53. The van der Waals surface area contributed by atoms with Gasteiger partial charge in [-0.25, -0.2) is 8.42 Å². The van der Waals surface area contributed by atoms with Gasteiger partial charge in [0.25, 0.3) is 5.69 Å². The van der Waals surface area contributed by atoms with Gasteiger partial charge in [-0.3, -0.25) is 10.1 Å². The van der Waals surface area contributed by atoms with Gasteiger partial charge in [-0.2, -0.15) is 0 Å². The number of nitro benzene ring substituents is 1. The number of rotatable bonds is 3. The van der Waals surface area contributed by atoms with Crippen LogP contribution in [0.5, 0.6) is 0 Å². The lowest BCUT2D eigenvalue weighted by atomic mass is 10.1. The van der Waals surface area contributed by atoms with E-state index in [1.54, 1.807) is 6.92 Å². The smallest absolute Gasteiger partial charge is 0.258 e. The Balaban J connectivity index is 3.46. The minimum atomic E-state index is -3.41. The molecule has 5 nitrogen and oxygen atoms in total. The summed E-state index contributed by atoms with van der Waals surface area (Å²) in [6.07, 6.45) is 1.58. The zero-order valence-corrected chi connectivity index (χ0v) is 9.24. The molecule has 0 aliphatic heterocycles. The molecule has 6 heteroatoms. The molecular weight excluding hydrogens is 218 g/mol. The van der Waals surface area contributed by atoms with Gasteiger partial charge in [0, 0.05) is 18.4 Å². The fourth-order valence-corrected chi connectivity index (χ4v) is 2.32. The second-order valence-electron chi connectivity index (χ2n) is 3.17. The molecule has 0 aliphatic rings. The minimum Gasteiger partial charge on any atom is -0.258 e. The highest BCUT2D eigenvalue weighted by Crippen LogP contribution is 2.22. The predicted octanol–water partition coefficient (Wildman–Crippen LogP) is 1.56. The summed E-state index contributed by atoms with van der Waals surface area (Å²) in [4.78, 5) is 9.93. The van der Waals surface area contributed by atoms with Crippen LogP contribution in [0.15, 0.2) is 23.1 Å². The molecular formula is C9H11NO4S. The molecule has 0 unspecified atom stereocenters. The number of hydrogen-bond donors (Lipinski definition) is 0. The number of sulfone groups is 1. The third-order valence-corrected chi connectivity index (χ3v) is 3.22. The first-order valence-electron chi connectivity index (χ1n) is 4.33. The summed E-state index contributed by atoms with van der Waals surface area (Å²) in [5.74, 6) is 0. The molecule has 1 aromatic carbocycles. The van der Waals surface area contributed by atoms with Crippen molar-refractivity contribution in [3.63, 3.8) is 0 Å². The zero-order valence-electron chi connectivity index (χ0n) is 8.43. The van der Waals surface area contributed by atoms with Crippen LogP contribution < -0.4 is 0 Å². The molecule has 0 fully saturated rings. The van der Waals surface area contributed by atoms with Crippen molar-refractivity contribution in [2.24, 2.45) is 0 Å². The summed E-state index contributed by atoms with van der Waals surface area (Å²) >= 11 is 0. The van der Waals surface area contributed by atoms with E-state index in [9.17, 15) is 18.5 Å². The Labute approximate surface area is 87.8 Å². The fourth-order valence-electron chi connectivity index (χ4n) is 1.29. The molecule has 1 rings (SSSR count). The largest absolute Gasteiger partial charge is 0.270 e. The quantitative estimate of drug-likeness (QED) is 0.582. The van der Waals surface area contributed by atoms with Gasteiger partial charge in [0.2, 0.25) is 0 Å². The van der Waals surface area contributed by atoms with Crippen molar-refractivity contribution in [1.82, 2.24) is 0 Å². The highest BCUT2D eigenvalue weighted by Gasteiger charge is 2.16. The van der Waals surface area contributed by atoms with E-state index in [-0.39, 0.29) is 10.6 Å². The van der Waals surface area contributed by atoms with Gasteiger partial charge in [-0.05, 0) is 12.0 Å². The van der Waals surface area contributed by atoms with E-state index in [2.05, 4.69) is 0 Å². The van der Waals surface area contributed by atoms with E-state index in [1.165, 1.54) is 12.1 Å². The van der Waals surface area contributed by atoms with Crippen LogP contribution in [0.1, 0.15) is 12.5 Å². The van der Waals surface area contributed by atoms with E-state index in [0.717, 1.165) is 12.3 Å². The Morgan fingerprint density at radius 3 is 2.40 bits per heavy atom. The van der Waals surface area contributed by atoms with Crippen LogP contribution in [0.4, 0.5) is 5.69 Å². The fraction of sp³-hybridized carbons (Fsp3) is 0.333. The molecule has 0 saturated heterocycles. The molecule has 0 radical (unpaired) electrons. The number of nitrogens with zero attached hydrogens (tertiary/aromatic N) is 1. The molecule has 82 valence electrons. The molecule has 0 bridgehead atoms. The SMILES string of the molecule is CCc1ccc([N+](=O)[O-])cc1S(C)(=O)=O. The minimum absolute atomic E-state index is 0.0409. The van der Waals surface area contributed by atoms with E-state index in [1.807, 2.05) is 0 Å². The number of nitro groups is 1. The van der Waals surface area contributed by atoms with Gasteiger partial charge in [0.1, 0.15) is 0 Å². The molecule has 0 spiro atoms. The molecule has 0 N–H and O–H groups in total. The second kappa shape index (κ2) is 3.98. The van der Waals surface area contributed by atoms with Gasteiger partial charge < -0.3 is 0 Å². The van der Waals surface area contributed by atoms with Crippen molar-refractivity contribution in [2.45, 2.75) is 18.2 Å². The lowest BCUT2D eigenvalue weighted by molar-refractivity contribution is -0.385. The zero-order chi connectivity index (χ0) is 11.6. The Bertz CT molecular complexity index is 493. The molecule has 0 heterocycles. The lowest BCUT2D eigenvalue weighted by Gasteiger charge is -2.04.